The topological polar surface area (TPSA) is 40.5 Å². The summed E-state index contributed by atoms with van der Waals surface area (Å²) in [6, 6.07) is 8.60. The molecule has 0 saturated heterocycles. The molecule has 1 aromatic carbocycles. The number of carbonyl (C=O) groups is 1. The smallest absolute Gasteiger partial charge is 0.304 e. The Morgan fingerprint density at radius 2 is 1.80 bits per heavy atom. The molecule has 0 aliphatic rings. The lowest BCUT2D eigenvalue weighted by molar-refractivity contribution is -0.138. The van der Waals surface area contributed by atoms with Crippen LogP contribution in [0, 0.1) is 0 Å². The van der Waals surface area contributed by atoms with Gasteiger partial charge in [0.25, 0.3) is 0 Å². The molecule has 1 rings (SSSR count). The highest BCUT2D eigenvalue weighted by Crippen LogP contribution is 2.13. The minimum Gasteiger partial charge on any atom is -0.481 e. The highest BCUT2D eigenvalue weighted by molar-refractivity contribution is 5.67. The molecule has 112 valence electrons. The van der Waals surface area contributed by atoms with Gasteiger partial charge in [-0.1, -0.05) is 44.5 Å². The number of rotatable bonds is 9. The standard InChI is InChI=1S/C17H27NO2/c1-4-6-11-18(3)16(13-17(19)20)12-15-9-7-14(5-2)8-10-15/h7-10,16H,4-6,11-13H2,1-3H3,(H,19,20). The van der Waals surface area contributed by atoms with Gasteiger partial charge in [-0.05, 0) is 44.0 Å². The Balaban J connectivity index is 2.69. The monoisotopic (exact) mass is 277 g/mol. The first-order chi connectivity index (χ1) is 9.56. The van der Waals surface area contributed by atoms with Gasteiger partial charge < -0.3 is 10.0 Å². The minimum absolute atomic E-state index is 0.0755. The van der Waals surface area contributed by atoms with Gasteiger partial charge in [-0.25, -0.2) is 0 Å². The highest BCUT2D eigenvalue weighted by atomic mass is 16.4. The van der Waals surface area contributed by atoms with Gasteiger partial charge in [0.2, 0.25) is 0 Å². The Labute approximate surface area is 122 Å². The van der Waals surface area contributed by atoms with Crippen molar-refractivity contribution in [2.45, 2.75) is 52.0 Å². The zero-order valence-electron chi connectivity index (χ0n) is 12.9. The first-order valence-corrected chi connectivity index (χ1v) is 7.56. The van der Waals surface area contributed by atoms with E-state index in [0.29, 0.717) is 0 Å². The number of unbranched alkanes of at least 4 members (excludes halogenated alkanes) is 1. The number of likely N-dealkylation sites (N-methyl/N-ethyl adjacent to an activating group) is 1. The van der Waals surface area contributed by atoms with Gasteiger partial charge in [-0.2, -0.15) is 0 Å². The van der Waals surface area contributed by atoms with Crippen LogP contribution < -0.4 is 0 Å². The van der Waals surface area contributed by atoms with Gasteiger partial charge in [-0.3, -0.25) is 4.79 Å². The zero-order chi connectivity index (χ0) is 15.0. The fourth-order valence-electron chi connectivity index (χ4n) is 2.36. The fourth-order valence-corrected chi connectivity index (χ4v) is 2.36. The Bertz CT molecular complexity index is 400. The predicted octanol–water partition coefficient (Wildman–Crippen LogP) is 3.37. The molecule has 1 unspecified atom stereocenters. The number of aryl methyl sites for hydroxylation is 1. The summed E-state index contributed by atoms with van der Waals surface area (Å²) in [5.41, 5.74) is 2.54. The maximum absolute atomic E-state index is 11.1. The average Bonchev–Trinajstić information content (AvgIpc) is 2.44. The molecule has 0 aromatic heterocycles. The maximum Gasteiger partial charge on any atom is 0.304 e. The molecule has 0 saturated carbocycles. The third-order valence-electron chi connectivity index (χ3n) is 3.80. The largest absolute Gasteiger partial charge is 0.481 e. The molecule has 20 heavy (non-hydrogen) atoms. The summed E-state index contributed by atoms with van der Waals surface area (Å²) in [5.74, 6) is -0.719. The van der Waals surface area contributed by atoms with Crippen LogP contribution in [-0.4, -0.2) is 35.6 Å². The van der Waals surface area contributed by atoms with Crippen LogP contribution in [0.3, 0.4) is 0 Å². The number of hydrogen-bond donors (Lipinski definition) is 1. The van der Waals surface area contributed by atoms with Crippen molar-refractivity contribution in [1.82, 2.24) is 4.90 Å². The third-order valence-corrected chi connectivity index (χ3v) is 3.80. The molecule has 0 amide bonds. The second-order valence-corrected chi connectivity index (χ2v) is 5.46. The Kier molecular flexibility index (Phi) is 7.31. The van der Waals surface area contributed by atoms with Gasteiger partial charge in [0, 0.05) is 6.04 Å². The number of nitrogens with zero attached hydrogens (tertiary/aromatic N) is 1. The molecular formula is C17H27NO2. The quantitative estimate of drug-likeness (QED) is 0.752. The van der Waals surface area contributed by atoms with Crippen LogP contribution in [0.2, 0.25) is 0 Å². The van der Waals surface area contributed by atoms with Crippen molar-refractivity contribution in [1.29, 1.82) is 0 Å². The second kappa shape index (κ2) is 8.75. The molecule has 0 heterocycles. The van der Waals surface area contributed by atoms with Crippen LogP contribution in [0.5, 0.6) is 0 Å². The summed E-state index contributed by atoms with van der Waals surface area (Å²) in [6.45, 7) is 5.26. The van der Waals surface area contributed by atoms with Gasteiger partial charge in [0.15, 0.2) is 0 Å². The minimum atomic E-state index is -0.719. The maximum atomic E-state index is 11.1. The summed E-state index contributed by atoms with van der Waals surface area (Å²) < 4.78 is 0. The molecule has 1 N–H and O–H groups in total. The summed E-state index contributed by atoms with van der Waals surface area (Å²) >= 11 is 0. The van der Waals surface area contributed by atoms with E-state index in [4.69, 9.17) is 5.11 Å². The molecule has 0 bridgehead atoms. The van der Waals surface area contributed by atoms with E-state index in [9.17, 15) is 4.79 Å². The number of aliphatic carboxylic acids is 1. The lowest BCUT2D eigenvalue weighted by atomic mass is 10.00. The van der Waals surface area contributed by atoms with Gasteiger partial charge >= 0.3 is 5.97 Å². The summed E-state index contributed by atoms with van der Waals surface area (Å²) in [5, 5.41) is 9.09. The van der Waals surface area contributed by atoms with E-state index in [1.54, 1.807) is 0 Å². The molecule has 3 nitrogen and oxygen atoms in total. The number of benzene rings is 1. The highest BCUT2D eigenvalue weighted by Gasteiger charge is 2.18. The molecule has 3 heteroatoms. The summed E-state index contributed by atoms with van der Waals surface area (Å²) in [7, 11) is 2.03. The van der Waals surface area contributed by atoms with Gasteiger partial charge in [0.05, 0.1) is 6.42 Å². The van der Waals surface area contributed by atoms with E-state index in [2.05, 4.69) is 43.0 Å². The zero-order valence-corrected chi connectivity index (χ0v) is 12.9. The van der Waals surface area contributed by atoms with Crippen molar-refractivity contribution in [2.75, 3.05) is 13.6 Å². The lowest BCUT2D eigenvalue weighted by Gasteiger charge is -2.27. The van der Waals surface area contributed by atoms with Crippen LogP contribution >= 0.6 is 0 Å². The normalized spacial score (nSPS) is 12.6. The Morgan fingerprint density at radius 3 is 2.30 bits per heavy atom. The molecule has 1 aromatic rings. The molecule has 0 fully saturated rings. The van der Waals surface area contributed by atoms with E-state index in [-0.39, 0.29) is 12.5 Å². The van der Waals surface area contributed by atoms with Crippen molar-refractivity contribution < 1.29 is 9.90 Å². The van der Waals surface area contributed by atoms with Crippen molar-refractivity contribution >= 4 is 5.97 Å². The Morgan fingerprint density at radius 1 is 1.20 bits per heavy atom. The van der Waals surface area contributed by atoms with Crippen LogP contribution in [0.4, 0.5) is 0 Å². The lowest BCUT2D eigenvalue weighted by Crippen LogP contribution is -2.36. The fraction of sp³-hybridized carbons (Fsp3) is 0.588. The van der Waals surface area contributed by atoms with Gasteiger partial charge in [-0.15, -0.1) is 0 Å². The molecule has 0 aliphatic heterocycles. The first kappa shape index (κ1) is 16.7. The summed E-state index contributed by atoms with van der Waals surface area (Å²) in [6.07, 6.45) is 4.29. The van der Waals surface area contributed by atoms with Gasteiger partial charge in [0.1, 0.15) is 0 Å². The number of carboxylic acids is 1. The number of hydrogen-bond acceptors (Lipinski definition) is 2. The predicted molar refractivity (Wildman–Crippen MR) is 83.1 cm³/mol. The van der Waals surface area contributed by atoms with Crippen molar-refractivity contribution in [2.24, 2.45) is 0 Å². The first-order valence-electron chi connectivity index (χ1n) is 7.56. The molecule has 0 radical (unpaired) electrons. The third kappa shape index (κ3) is 5.74. The van der Waals surface area contributed by atoms with Crippen LogP contribution in [0.1, 0.15) is 44.2 Å². The van der Waals surface area contributed by atoms with E-state index in [1.807, 2.05) is 7.05 Å². The van der Waals surface area contributed by atoms with E-state index < -0.39 is 5.97 Å². The van der Waals surface area contributed by atoms with Crippen LogP contribution in [-0.2, 0) is 17.6 Å². The number of carboxylic acid groups (broad SMARTS) is 1. The Hall–Kier alpha value is -1.35. The molecule has 1 atom stereocenters. The molecule has 0 spiro atoms. The van der Waals surface area contributed by atoms with Crippen molar-refractivity contribution in [3.8, 4) is 0 Å². The second-order valence-electron chi connectivity index (χ2n) is 5.46. The summed E-state index contributed by atoms with van der Waals surface area (Å²) in [4.78, 5) is 13.2. The van der Waals surface area contributed by atoms with Crippen molar-refractivity contribution in [3.63, 3.8) is 0 Å². The van der Waals surface area contributed by atoms with E-state index in [1.165, 1.54) is 11.1 Å². The van der Waals surface area contributed by atoms with Crippen LogP contribution in [0.25, 0.3) is 0 Å². The van der Waals surface area contributed by atoms with E-state index in [0.717, 1.165) is 32.2 Å². The average molecular weight is 277 g/mol. The van der Waals surface area contributed by atoms with Crippen LogP contribution in [0.15, 0.2) is 24.3 Å². The van der Waals surface area contributed by atoms with E-state index >= 15 is 0 Å². The van der Waals surface area contributed by atoms with Crippen molar-refractivity contribution in [3.05, 3.63) is 35.4 Å². The SMILES string of the molecule is CCCCN(C)C(CC(=O)O)Cc1ccc(CC)cc1. The molecule has 0 aliphatic carbocycles. The molecular weight excluding hydrogens is 250 g/mol.